The Morgan fingerprint density at radius 1 is 1.17 bits per heavy atom. The summed E-state index contributed by atoms with van der Waals surface area (Å²) in [7, 11) is 1.54. The van der Waals surface area contributed by atoms with E-state index in [1.165, 1.54) is 18.6 Å². The number of aryl methyl sites for hydroxylation is 1. The third-order valence-electron chi connectivity index (χ3n) is 4.26. The van der Waals surface area contributed by atoms with Crippen molar-refractivity contribution in [2.24, 2.45) is 0 Å². The molecule has 0 fully saturated rings. The van der Waals surface area contributed by atoms with Crippen molar-refractivity contribution in [2.75, 3.05) is 12.4 Å². The number of hydrogen-bond acceptors (Lipinski definition) is 7. The van der Waals surface area contributed by atoms with Crippen molar-refractivity contribution in [1.29, 1.82) is 0 Å². The number of fused-ring (bicyclic) bond motifs is 1. The minimum absolute atomic E-state index is 0.237. The van der Waals surface area contributed by atoms with Gasteiger partial charge in [-0.2, -0.15) is 4.37 Å². The summed E-state index contributed by atoms with van der Waals surface area (Å²) in [5.41, 5.74) is 4.03. The zero-order chi connectivity index (χ0) is 20.4. The molecular formula is C20H16ClN5O2S. The Morgan fingerprint density at radius 3 is 2.79 bits per heavy atom. The fraction of sp³-hybridized carbons (Fsp3) is 0.150. The average Bonchev–Trinajstić information content (AvgIpc) is 3.08. The molecular weight excluding hydrogens is 410 g/mol. The zero-order valence-electron chi connectivity index (χ0n) is 15.6. The standard InChI is InChI=1S/C20H16ClN5O2S/c1-11-19(20(27)25-13-4-6-18(28-2)23-9-13)17(29-26-11)8-14-10-22-16-7-12(21)3-5-15(16)24-14/h3-7,9-10H,8H2,1-2H3,(H,25,27). The molecule has 0 spiro atoms. The fourth-order valence-corrected chi connectivity index (χ4v) is 3.92. The van der Waals surface area contributed by atoms with Crippen LogP contribution in [0.5, 0.6) is 5.88 Å². The molecule has 0 unspecified atom stereocenters. The number of methoxy groups -OCH3 is 1. The predicted molar refractivity (Wildman–Crippen MR) is 113 cm³/mol. The highest BCUT2D eigenvalue weighted by Crippen LogP contribution is 2.24. The molecule has 0 saturated heterocycles. The van der Waals surface area contributed by atoms with Gasteiger partial charge in [0.25, 0.3) is 5.91 Å². The van der Waals surface area contributed by atoms with Gasteiger partial charge < -0.3 is 10.1 Å². The number of anilines is 1. The lowest BCUT2D eigenvalue weighted by atomic mass is 10.1. The number of carbonyl (C=O) groups excluding carboxylic acids is 1. The Balaban J connectivity index is 1.58. The minimum Gasteiger partial charge on any atom is -0.481 e. The van der Waals surface area contributed by atoms with Crippen LogP contribution in [-0.4, -0.2) is 32.3 Å². The van der Waals surface area contributed by atoms with E-state index in [0.29, 0.717) is 34.3 Å². The molecule has 1 aromatic carbocycles. The summed E-state index contributed by atoms with van der Waals surface area (Å²) in [4.78, 5) is 26.8. The third kappa shape index (κ3) is 4.18. The summed E-state index contributed by atoms with van der Waals surface area (Å²) in [6.45, 7) is 1.81. The second-order valence-corrected chi connectivity index (χ2v) is 7.58. The maximum atomic E-state index is 12.9. The van der Waals surface area contributed by atoms with Crippen LogP contribution in [0, 0.1) is 6.92 Å². The fourth-order valence-electron chi connectivity index (χ4n) is 2.87. The van der Waals surface area contributed by atoms with E-state index < -0.39 is 0 Å². The lowest BCUT2D eigenvalue weighted by molar-refractivity contribution is 0.102. The second-order valence-electron chi connectivity index (χ2n) is 6.28. The van der Waals surface area contributed by atoms with E-state index in [9.17, 15) is 4.79 Å². The smallest absolute Gasteiger partial charge is 0.258 e. The second kappa shape index (κ2) is 8.10. The molecule has 0 aliphatic heterocycles. The molecule has 0 aliphatic rings. The Morgan fingerprint density at radius 2 is 2.03 bits per heavy atom. The van der Waals surface area contributed by atoms with Crippen molar-refractivity contribution in [2.45, 2.75) is 13.3 Å². The van der Waals surface area contributed by atoms with Crippen LogP contribution >= 0.6 is 23.1 Å². The van der Waals surface area contributed by atoms with Crippen LogP contribution in [-0.2, 0) is 6.42 Å². The normalized spacial score (nSPS) is 10.9. The molecule has 3 aromatic heterocycles. The first-order valence-electron chi connectivity index (χ1n) is 8.71. The SMILES string of the molecule is COc1ccc(NC(=O)c2c(C)nsc2Cc2cnc3cc(Cl)ccc3n2)cn1. The molecule has 0 aliphatic carbocycles. The number of pyridine rings is 1. The van der Waals surface area contributed by atoms with Crippen LogP contribution in [0.2, 0.25) is 5.02 Å². The highest BCUT2D eigenvalue weighted by atomic mass is 35.5. The molecule has 0 saturated carbocycles. The molecule has 1 amide bonds. The molecule has 146 valence electrons. The number of carbonyl (C=O) groups is 1. The summed E-state index contributed by atoms with van der Waals surface area (Å²) < 4.78 is 9.39. The molecule has 29 heavy (non-hydrogen) atoms. The quantitative estimate of drug-likeness (QED) is 0.512. The van der Waals surface area contributed by atoms with Gasteiger partial charge in [-0.15, -0.1) is 0 Å². The summed E-state index contributed by atoms with van der Waals surface area (Å²) >= 11 is 7.29. The lowest BCUT2D eigenvalue weighted by Gasteiger charge is -2.07. The molecule has 0 bridgehead atoms. The average molecular weight is 426 g/mol. The van der Waals surface area contributed by atoms with Crippen LogP contribution in [0.3, 0.4) is 0 Å². The number of hydrogen-bond donors (Lipinski definition) is 1. The van der Waals surface area contributed by atoms with Gasteiger partial charge in [-0.3, -0.25) is 9.78 Å². The highest BCUT2D eigenvalue weighted by Gasteiger charge is 2.19. The number of rotatable bonds is 5. The summed E-state index contributed by atoms with van der Waals surface area (Å²) in [5, 5.41) is 3.47. The molecule has 7 nitrogen and oxygen atoms in total. The van der Waals surface area contributed by atoms with Crippen LogP contribution in [0.15, 0.2) is 42.7 Å². The van der Waals surface area contributed by atoms with Gasteiger partial charge in [0.2, 0.25) is 5.88 Å². The van der Waals surface area contributed by atoms with Gasteiger partial charge in [-0.1, -0.05) is 11.6 Å². The van der Waals surface area contributed by atoms with Gasteiger partial charge in [0.1, 0.15) is 0 Å². The van der Waals surface area contributed by atoms with Crippen LogP contribution in [0.1, 0.15) is 26.6 Å². The molecule has 3 heterocycles. The molecule has 9 heteroatoms. The van der Waals surface area contributed by atoms with E-state index in [0.717, 1.165) is 21.6 Å². The topological polar surface area (TPSA) is 89.9 Å². The molecule has 4 aromatic rings. The van der Waals surface area contributed by atoms with Crippen LogP contribution in [0.25, 0.3) is 11.0 Å². The number of ether oxygens (including phenoxy) is 1. The van der Waals surface area contributed by atoms with Crippen molar-refractivity contribution >= 4 is 45.8 Å². The molecule has 0 radical (unpaired) electrons. The molecule has 4 rings (SSSR count). The first kappa shape index (κ1) is 19.2. The van der Waals surface area contributed by atoms with Crippen molar-refractivity contribution < 1.29 is 9.53 Å². The minimum atomic E-state index is -0.237. The number of nitrogens with zero attached hydrogens (tertiary/aromatic N) is 4. The predicted octanol–water partition coefficient (Wildman–Crippen LogP) is 4.29. The summed E-state index contributed by atoms with van der Waals surface area (Å²) in [6, 6.07) is 8.80. The monoisotopic (exact) mass is 425 g/mol. The highest BCUT2D eigenvalue weighted by molar-refractivity contribution is 7.06. The first-order valence-corrected chi connectivity index (χ1v) is 9.86. The van der Waals surface area contributed by atoms with Crippen molar-refractivity contribution in [3.63, 3.8) is 0 Å². The number of halogens is 1. The molecule has 0 atom stereocenters. The molecule has 1 N–H and O–H groups in total. The maximum Gasteiger partial charge on any atom is 0.258 e. The third-order valence-corrected chi connectivity index (χ3v) is 5.43. The number of nitrogens with one attached hydrogen (secondary N) is 1. The van der Waals surface area contributed by atoms with Gasteiger partial charge >= 0.3 is 0 Å². The Kier molecular flexibility index (Phi) is 5.37. The van der Waals surface area contributed by atoms with E-state index >= 15 is 0 Å². The Bertz CT molecular complexity index is 1190. The van der Waals surface area contributed by atoms with Gasteiger partial charge in [-0.25, -0.2) is 9.97 Å². The van der Waals surface area contributed by atoms with Gasteiger partial charge in [0, 0.05) is 28.6 Å². The largest absolute Gasteiger partial charge is 0.481 e. The number of aromatic nitrogens is 4. The van der Waals surface area contributed by atoms with Crippen LogP contribution in [0.4, 0.5) is 5.69 Å². The first-order chi connectivity index (χ1) is 14.0. The summed E-state index contributed by atoms with van der Waals surface area (Å²) in [6.07, 6.45) is 3.70. The van der Waals surface area contributed by atoms with Crippen molar-refractivity contribution in [3.05, 3.63) is 69.6 Å². The number of amides is 1. The maximum absolute atomic E-state index is 12.9. The van der Waals surface area contributed by atoms with E-state index in [-0.39, 0.29) is 5.91 Å². The van der Waals surface area contributed by atoms with Crippen molar-refractivity contribution in [1.82, 2.24) is 19.3 Å². The van der Waals surface area contributed by atoms with E-state index in [2.05, 4.69) is 24.6 Å². The lowest BCUT2D eigenvalue weighted by Crippen LogP contribution is -2.14. The Labute approximate surface area is 175 Å². The van der Waals surface area contributed by atoms with Gasteiger partial charge in [0.05, 0.1) is 47.0 Å². The zero-order valence-corrected chi connectivity index (χ0v) is 17.2. The summed E-state index contributed by atoms with van der Waals surface area (Å²) in [5.74, 6) is 0.243. The van der Waals surface area contributed by atoms with Crippen LogP contribution < -0.4 is 10.1 Å². The Hall–Kier alpha value is -3.10. The van der Waals surface area contributed by atoms with E-state index in [1.807, 2.05) is 13.0 Å². The van der Waals surface area contributed by atoms with E-state index in [1.54, 1.807) is 36.7 Å². The van der Waals surface area contributed by atoms with Gasteiger partial charge in [0.15, 0.2) is 0 Å². The van der Waals surface area contributed by atoms with Gasteiger partial charge in [-0.05, 0) is 42.7 Å². The number of benzene rings is 1. The van der Waals surface area contributed by atoms with Crippen molar-refractivity contribution in [3.8, 4) is 5.88 Å². The van der Waals surface area contributed by atoms with E-state index in [4.69, 9.17) is 16.3 Å².